The summed E-state index contributed by atoms with van der Waals surface area (Å²) in [6, 6.07) is 6.28. The number of H-pyrrole nitrogens is 1. The fraction of sp³-hybridized carbons (Fsp3) is 0.375. The SMILES string of the molecule is O=C(CSc1ccc([N+](=O)[O-])cc1)N1CCCC[C@@H]1c1ncc[nH]1. The zero-order valence-electron chi connectivity index (χ0n) is 13.1. The van der Waals surface area contributed by atoms with Crippen molar-refractivity contribution in [2.24, 2.45) is 0 Å². The monoisotopic (exact) mass is 346 g/mol. The third-order valence-corrected chi connectivity index (χ3v) is 5.06. The van der Waals surface area contributed by atoms with Crippen molar-refractivity contribution in [1.29, 1.82) is 0 Å². The summed E-state index contributed by atoms with van der Waals surface area (Å²) < 4.78 is 0. The molecule has 7 nitrogen and oxygen atoms in total. The second kappa shape index (κ2) is 7.48. The van der Waals surface area contributed by atoms with Crippen LogP contribution in [0.3, 0.4) is 0 Å². The number of carbonyl (C=O) groups excluding carboxylic acids is 1. The maximum atomic E-state index is 12.6. The number of aromatic nitrogens is 2. The summed E-state index contributed by atoms with van der Waals surface area (Å²) in [6.07, 6.45) is 6.49. The minimum Gasteiger partial charge on any atom is -0.347 e. The number of imidazole rings is 1. The van der Waals surface area contributed by atoms with E-state index in [1.54, 1.807) is 24.5 Å². The molecule has 1 aliphatic heterocycles. The molecule has 24 heavy (non-hydrogen) atoms. The summed E-state index contributed by atoms with van der Waals surface area (Å²) in [7, 11) is 0. The predicted octanol–water partition coefficient (Wildman–Crippen LogP) is 3.16. The molecule has 1 aromatic heterocycles. The van der Waals surface area contributed by atoms with Crippen LogP contribution < -0.4 is 0 Å². The first-order valence-electron chi connectivity index (χ1n) is 7.81. The van der Waals surface area contributed by atoms with Gasteiger partial charge in [0.05, 0.1) is 16.7 Å². The van der Waals surface area contributed by atoms with E-state index in [1.807, 2.05) is 4.90 Å². The number of amides is 1. The highest BCUT2D eigenvalue weighted by atomic mass is 32.2. The molecule has 126 valence electrons. The van der Waals surface area contributed by atoms with Crippen LogP contribution in [0.1, 0.15) is 31.1 Å². The molecule has 1 aromatic carbocycles. The third-order valence-electron chi connectivity index (χ3n) is 4.07. The van der Waals surface area contributed by atoms with Gasteiger partial charge in [-0.1, -0.05) is 0 Å². The van der Waals surface area contributed by atoms with Crippen molar-refractivity contribution in [1.82, 2.24) is 14.9 Å². The quantitative estimate of drug-likeness (QED) is 0.510. The fourth-order valence-electron chi connectivity index (χ4n) is 2.87. The van der Waals surface area contributed by atoms with Gasteiger partial charge in [0.25, 0.3) is 5.69 Å². The van der Waals surface area contributed by atoms with E-state index in [1.165, 1.54) is 23.9 Å². The normalized spacial score (nSPS) is 17.7. The van der Waals surface area contributed by atoms with Gasteiger partial charge in [-0.3, -0.25) is 14.9 Å². The Hall–Kier alpha value is -2.35. The molecule has 0 aliphatic carbocycles. The van der Waals surface area contributed by atoms with Crippen LogP contribution in [0.5, 0.6) is 0 Å². The number of hydrogen-bond acceptors (Lipinski definition) is 5. The second-order valence-corrected chi connectivity index (χ2v) is 6.66. The summed E-state index contributed by atoms with van der Waals surface area (Å²) >= 11 is 1.40. The van der Waals surface area contributed by atoms with Gasteiger partial charge >= 0.3 is 0 Å². The molecule has 0 radical (unpaired) electrons. The summed E-state index contributed by atoms with van der Waals surface area (Å²) in [5, 5.41) is 10.7. The lowest BCUT2D eigenvalue weighted by atomic mass is 10.0. The van der Waals surface area contributed by atoms with Crippen molar-refractivity contribution in [2.45, 2.75) is 30.2 Å². The Kier molecular flexibility index (Phi) is 5.14. The molecule has 0 unspecified atom stereocenters. The van der Waals surface area contributed by atoms with Crippen molar-refractivity contribution in [3.63, 3.8) is 0 Å². The van der Waals surface area contributed by atoms with E-state index in [4.69, 9.17) is 0 Å². The van der Waals surface area contributed by atoms with E-state index in [9.17, 15) is 14.9 Å². The first-order chi connectivity index (χ1) is 11.6. The van der Waals surface area contributed by atoms with Gasteiger partial charge in [-0.05, 0) is 31.4 Å². The van der Waals surface area contributed by atoms with Gasteiger partial charge in [-0.15, -0.1) is 11.8 Å². The van der Waals surface area contributed by atoms with E-state index in [0.717, 1.165) is 36.5 Å². The number of likely N-dealkylation sites (tertiary alicyclic amines) is 1. The van der Waals surface area contributed by atoms with Crippen LogP contribution in [0.25, 0.3) is 0 Å². The molecule has 8 heteroatoms. The van der Waals surface area contributed by atoms with Gasteiger partial charge < -0.3 is 9.88 Å². The summed E-state index contributed by atoms with van der Waals surface area (Å²) in [5.74, 6) is 1.22. The van der Waals surface area contributed by atoms with Gasteiger partial charge in [0.2, 0.25) is 5.91 Å². The van der Waals surface area contributed by atoms with Crippen molar-refractivity contribution < 1.29 is 9.72 Å². The second-order valence-electron chi connectivity index (χ2n) is 5.61. The van der Waals surface area contributed by atoms with Crippen LogP contribution >= 0.6 is 11.8 Å². The van der Waals surface area contributed by atoms with Crippen molar-refractivity contribution >= 4 is 23.4 Å². The predicted molar refractivity (Wildman–Crippen MR) is 90.7 cm³/mol. The van der Waals surface area contributed by atoms with Crippen LogP contribution in [0.15, 0.2) is 41.6 Å². The molecule has 1 amide bonds. The molecule has 0 saturated carbocycles. The van der Waals surface area contributed by atoms with Gasteiger partial charge in [-0.2, -0.15) is 0 Å². The highest BCUT2D eigenvalue weighted by Gasteiger charge is 2.29. The van der Waals surface area contributed by atoms with Crippen LogP contribution in [0.2, 0.25) is 0 Å². The Balaban J connectivity index is 1.62. The van der Waals surface area contributed by atoms with Crippen LogP contribution in [-0.2, 0) is 4.79 Å². The topological polar surface area (TPSA) is 92.1 Å². The Morgan fingerprint density at radius 2 is 2.17 bits per heavy atom. The summed E-state index contributed by atoms with van der Waals surface area (Å²) in [5.41, 5.74) is 0.0552. The van der Waals surface area contributed by atoms with Gasteiger partial charge in [0, 0.05) is 36.0 Å². The standard InChI is InChI=1S/C16H18N4O3S/c21-15(11-24-13-6-4-12(5-7-13)20(22)23)19-10-2-1-3-14(19)16-17-8-9-18-16/h4-9,14H,1-3,10-11H2,(H,17,18)/t14-/m1/s1. The number of aromatic amines is 1. The Bertz CT molecular complexity index is 703. The highest BCUT2D eigenvalue weighted by molar-refractivity contribution is 8.00. The molecule has 2 aromatic rings. The maximum absolute atomic E-state index is 12.6. The molecule has 0 spiro atoms. The largest absolute Gasteiger partial charge is 0.347 e. The number of nitro benzene ring substituents is 1. The minimum atomic E-state index is -0.429. The fourth-order valence-corrected chi connectivity index (χ4v) is 3.65. The average Bonchev–Trinajstić information content (AvgIpc) is 3.14. The minimum absolute atomic E-state index is 0.0127. The van der Waals surface area contributed by atoms with Crippen LogP contribution in [0.4, 0.5) is 5.69 Å². The molecule has 3 rings (SSSR count). The van der Waals surface area contributed by atoms with E-state index in [2.05, 4.69) is 9.97 Å². The molecule has 1 saturated heterocycles. The van der Waals surface area contributed by atoms with E-state index < -0.39 is 4.92 Å². The maximum Gasteiger partial charge on any atom is 0.269 e. The van der Waals surface area contributed by atoms with Gasteiger partial charge in [0.1, 0.15) is 5.82 Å². The molecular weight excluding hydrogens is 328 g/mol. The lowest BCUT2D eigenvalue weighted by Crippen LogP contribution is -2.40. The van der Waals surface area contributed by atoms with Crippen molar-refractivity contribution in [3.8, 4) is 0 Å². The highest BCUT2D eigenvalue weighted by Crippen LogP contribution is 2.30. The van der Waals surface area contributed by atoms with Gasteiger partial charge in [-0.25, -0.2) is 4.98 Å². The molecule has 1 aliphatic rings. The molecule has 0 bridgehead atoms. The Labute approximate surface area is 143 Å². The zero-order valence-corrected chi connectivity index (χ0v) is 13.9. The summed E-state index contributed by atoms with van der Waals surface area (Å²) in [4.78, 5) is 33.0. The Morgan fingerprint density at radius 1 is 1.38 bits per heavy atom. The zero-order chi connectivity index (χ0) is 16.9. The number of benzene rings is 1. The third kappa shape index (κ3) is 3.76. The van der Waals surface area contributed by atoms with E-state index in [-0.39, 0.29) is 17.6 Å². The van der Waals surface area contributed by atoms with Gasteiger partial charge in [0.15, 0.2) is 0 Å². The molecular formula is C16H18N4O3S. The smallest absolute Gasteiger partial charge is 0.269 e. The molecule has 1 atom stereocenters. The number of hydrogen-bond donors (Lipinski definition) is 1. The number of carbonyl (C=O) groups is 1. The van der Waals surface area contributed by atoms with Crippen LogP contribution in [0, 0.1) is 10.1 Å². The number of piperidine rings is 1. The molecule has 2 heterocycles. The Morgan fingerprint density at radius 3 is 2.83 bits per heavy atom. The molecule has 1 N–H and O–H groups in total. The van der Waals surface area contributed by atoms with Crippen molar-refractivity contribution in [3.05, 3.63) is 52.6 Å². The number of nitrogens with zero attached hydrogens (tertiary/aromatic N) is 3. The number of non-ortho nitro benzene ring substituents is 1. The number of rotatable bonds is 5. The van der Waals surface area contributed by atoms with E-state index >= 15 is 0 Å². The number of nitrogens with one attached hydrogen (secondary N) is 1. The van der Waals surface area contributed by atoms with E-state index in [0.29, 0.717) is 5.75 Å². The first kappa shape index (κ1) is 16.5. The average molecular weight is 346 g/mol. The molecule has 1 fully saturated rings. The lowest BCUT2D eigenvalue weighted by Gasteiger charge is -2.34. The van der Waals surface area contributed by atoms with Crippen molar-refractivity contribution in [2.75, 3.05) is 12.3 Å². The van der Waals surface area contributed by atoms with Crippen LogP contribution in [-0.4, -0.2) is 38.0 Å². The number of thioether (sulfide) groups is 1. The lowest BCUT2D eigenvalue weighted by molar-refractivity contribution is -0.384. The summed E-state index contributed by atoms with van der Waals surface area (Å²) in [6.45, 7) is 0.741. The number of nitro groups is 1. The first-order valence-corrected chi connectivity index (χ1v) is 8.79.